The fraction of sp³-hybridized carbons (Fsp3) is 0.538. The third-order valence-electron chi connectivity index (χ3n) is 3.37. The lowest BCUT2D eigenvalue weighted by Crippen LogP contribution is -2.36. The predicted molar refractivity (Wildman–Crippen MR) is 60.5 cm³/mol. The summed E-state index contributed by atoms with van der Waals surface area (Å²) in [5.41, 5.74) is -3.13. The summed E-state index contributed by atoms with van der Waals surface area (Å²) in [7, 11) is 0. The van der Waals surface area contributed by atoms with Crippen molar-refractivity contribution in [3.8, 4) is 0 Å². The Bertz CT molecular complexity index is 461. The van der Waals surface area contributed by atoms with E-state index < -0.39 is 23.3 Å². The Morgan fingerprint density at radius 3 is 2.26 bits per heavy atom. The topological polar surface area (TPSA) is 30.0 Å². The van der Waals surface area contributed by atoms with Crippen LogP contribution in [0.15, 0.2) is 18.3 Å². The third kappa shape index (κ3) is 2.93. The first-order valence-corrected chi connectivity index (χ1v) is 6.10. The van der Waals surface area contributed by atoms with Crippen LogP contribution in [-0.4, -0.2) is 16.4 Å². The molecule has 1 saturated carbocycles. The van der Waals surface area contributed by atoms with Gasteiger partial charge in [0.1, 0.15) is 5.69 Å². The molecule has 0 aromatic carbocycles. The quantitative estimate of drug-likeness (QED) is 0.604. The lowest BCUT2D eigenvalue weighted by atomic mass is 9.81. The number of alkyl halides is 4. The maximum absolute atomic E-state index is 14.4. The van der Waals surface area contributed by atoms with E-state index in [2.05, 4.69) is 4.98 Å². The van der Waals surface area contributed by atoms with Crippen molar-refractivity contribution < 1.29 is 22.4 Å². The number of pyridine rings is 1. The van der Waals surface area contributed by atoms with Gasteiger partial charge in [-0.3, -0.25) is 9.78 Å². The van der Waals surface area contributed by atoms with Crippen molar-refractivity contribution in [2.75, 3.05) is 0 Å². The molecule has 0 unspecified atom stereocenters. The maximum Gasteiger partial charge on any atom is 0.433 e. The number of carbonyl (C=O) groups excluding carboxylic acids is 1. The Labute approximate surface area is 107 Å². The van der Waals surface area contributed by atoms with Gasteiger partial charge in [0.05, 0.1) is 0 Å². The minimum atomic E-state index is -4.56. The molecule has 0 amide bonds. The van der Waals surface area contributed by atoms with Gasteiger partial charge in [0.15, 0.2) is 5.67 Å². The van der Waals surface area contributed by atoms with E-state index in [1.807, 2.05) is 0 Å². The first kappa shape index (κ1) is 14.0. The van der Waals surface area contributed by atoms with E-state index in [4.69, 9.17) is 0 Å². The minimum Gasteiger partial charge on any atom is -0.290 e. The van der Waals surface area contributed by atoms with Crippen molar-refractivity contribution in [3.63, 3.8) is 0 Å². The zero-order valence-corrected chi connectivity index (χ0v) is 10.1. The highest BCUT2D eigenvalue weighted by Crippen LogP contribution is 2.35. The lowest BCUT2D eigenvalue weighted by Gasteiger charge is -2.27. The van der Waals surface area contributed by atoms with E-state index in [9.17, 15) is 22.4 Å². The number of carbonyl (C=O) groups is 1. The summed E-state index contributed by atoms with van der Waals surface area (Å²) in [6.45, 7) is 0. The van der Waals surface area contributed by atoms with Crippen LogP contribution in [0, 0.1) is 0 Å². The van der Waals surface area contributed by atoms with E-state index >= 15 is 0 Å². The normalized spacial score (nSPS) is 19.2. The molecule has 0 atom stereocenters. The van der Waals surface area contributed by atoms with Gasteiger partial charge in [-0.05, 0) is 37.8 Å². The van der Waals surface area contributed by atoms with Gasteiger partial charge in [0.25, 0.3) is 0 Å². The van der Waals surface area contributed by atoms with Crippen LogP contribution in [0.25, 0.3) is 0 Å². The molecule has 0 spiro atoms. The van der Waals surface area contributed by atoms with Crippen LogP contribution < -0.4 is 0 Å². The highest BCUT2D eigenvalue weighted by molar-refractivity contribution is 6.02. The summed E-state index contributed by atoms with van der Waals surface area (Å²) >= 11 is 0. The zero-order chi connectivity index (χ0) is 14.1. The van der Waals surface area contributed by atoms with Crippen LogP contribution in [0.5, 0.6) is 0 Å². The third-order valence-corrected chi connectivity index (χ3v) is 3.37. The predicted octanol–water partition coefficient (Wildman–Crippen LogP) is 3.96. The molecule has 1 fully saturated rings. The summed E-state index contributed by atoms with van der Waals surface area (Å²) in [6, 6.07) is 1.70. The highest BCUT2D eigenvalue weighted by Gasteiger charge is 2.40. The van der Waals surface area contributed by atoms with E-state index in [1.54, 1.807) is 0 Å². The Morgan fingerprint density at radius 1 is 1.16 bits per heavy atom. The Morgan fingerprint density at radius 2 is 1.79 bits per heavy atom. The van der Waals surface area contributed by atoms with E-state index in [1.165, 1.54) is 0 Å². The Balaban J connectivity index is 2.20. The minimum absolute atomic E-state index is 0.0996. The van der Waals surface area contributed by atoms with Crippen LogP contribution in [0.4, 0.5) is 17.6 Å². The number of hydrogen-bond acceptors (Lipinski definition) is 2. The largest absolute Gasteiger partial charge is 0.433 e. The molecule has 0 radical (unpaired) electrons. The molecule has 0 bridgehead atoms. The van der Waals surface area contributed by atoms with E-state index in [0.29, 0.717) is 18.9 Å². The van der Waals surface area contributed by atoms with E-state index in [0.717, 1.165) is 18.7 Å². The smallest absolute Gasteiger partial charge is 0.290 e. The zero-order valence-electron chi connectivity index (χ0n) is 10.1. The van der Waals surface area contributed by atoms with Crippen LogP contribution >= 0.6 is 0 Å². The van der Waals surface area contributed by atoms with Gasteiger partial charge in [-0.15, -0.1) is 0 Å². The Kier molecular flexibility index (Phi) is 3.60. The Hall–Kier alpha value is -1.46. The van der Waals surface area contributed by atoms with Crippen LogP contribution in [0.1, 0.15) is 48.2 Å². The van der Waals surface area contributed by atoms with Crippen molar-refractivity contribution in [1.82, 2.24) is 4.98 Å². The number of rotatable bonds is 2. The number of Topliss-reactive ketones (excluding diaryl/α,β-unsaturated/α-hetero) is 1. The van der Waals surface area contributed by atoms with Crippen molar-refractivity contribution >= 4 is 5.78 Å². The highest BCUT2D eigenvalue weighted by atomic mass is 19.4. The van der Waals surface area contributed by atoms with Gasteiger partial charge in [-0.25, -0.2) is 4.39 Å². The molecule has 19 heavy (non-hydrogen) atoms. The van der Waals surface area contributed by atoms with Crippen LogP contribution in [0.2, 0.25) is 0 Å². The molecular weight excluding hydrogens is 262 g/mol. The molecule has 2 rings (SSSR count). The summed E-state index contributed by atoms with van der Waals surface area (Å²) in [5.74, 6) is -0.756. The molecule has 0 saturated heterocycles. The maximum atomic E-state index is 14.4. The standard InChI is InChI=1S/C13H13F4NO/c14-12(6-2-1-3-7-12)11(19)9-4-5-10(18-8-9)13(15,16)17/h4-5,8H,1-3,6-7H2. The molecule has 1 aliphatic rings. The second kappa shape index (κ2) is 4.90. The first-order valence-electron chi connectivity index (χ1n) is 6.10. The molecule has 1 aromatic heterocycles. The monoisotopic (exact) mass is 275 g/mol. The molecule has 0 N–H and O–H groups in total. The fourth-order valence-corrected chi connectivity index (χ4v) is 2.29. The fourth-order valence-electron chi connectivity index (χ4n) is 2.29. The number of aromatic nitrogens is 1. The van der Waals surface area contributed by atoms with Gasteiger partial charge in [0, 0.05) is 11.8 Å². The van der Waals surface area contributed by atoms with Crippen molar-refractivity contribution in [2.45, 2.75) is 43.9 Å². The number of halogens is 4. The summed E-state index contributed by atoms with van der Waals surface area (Å²) < 4.78 is 51.4. The van der Waals surface area contributed by atoms with Gasteiger partial charge in [-0.1, -0.05) is 6.42 Å². The first-order chi connectivity index (χ1) is 8.83. The number of ketones is 1. The van der Waals surface area contributed by atoms with Gasteiger partial charge in [-0.2, -0.15) is 13.2 Å². The van der Waals surface area contributed by atoms with Crippen LogP contribution in [0.3, 0.4) is 0 Å². The molecule has 1 heterocycles. The van der Waals surface area contributed by atoms with Crippen molar-refractivity contribution in [1.29, 1.82) is 0 Å². The molecule has 1 aliphatic carbocycles. The summed E-state index contributed by atoms with van der Waals surface area (Å²) in [4.78, 5) is 15.2. The summed E-state index contributed by atoms with van der Waals surface area (Å²) in [6.07, 6.45) is -1.36. The second-order valence-electron chi connectivity index (χ2n) is 4.78. The van der Waals surface area contributed by atoms with Crippen molar-refractivity contribution in [3.05, 3.63) is 29.6 Å². The molecule has 6 heteroatoms. The van der Waals surface area contributed by atoms with Gasteiger partial charge in [0.2, 0.25) is 5.78 Å². The molecule has 104 valence electrons. The van der Waals surface area contributed by atoms with Crippen molar-refractivity contribution in [2.24, 2.45) is 0 Å². The van der Waals surface area contributed by atoms with E-state index in [-0.39, 0.29) is 18.4 Å². The molecular formula is C13H13F4NO. The SMILES string of the molecule is O=C(c1ccc(C(F)(F)F)nc1)C1(F)CCCCC1. The van der Waals surface area contributed by atoms with Gasteiger partial charge >= 0.3 is 6.18 Å². The molecule has 1 aromatic rings. The van der Waals surface area contributed by atoms with Crippen LogP contribution in [-0.2, 0) is 6.18 Å². The summed E-state index contributed by atoms with van der Waals surface area (Å²) in [5, 5.41) is 0. The molecule has 2 nitrogen and oxygen atoms in total. The second-order valence-corrected chi connectivity index (χ2v) is 4.78. The average Bonchev–Trinajstić information content (AvgIpc) is 2.38. The lowest BCUT2D eigenvalue weighted by molar-refractivity contribution is -0.141. The average molecular weight is 275 g/mol. The number of nitrogens with zero attached hydrogens (tertiary/aromatic N) is 1. The number of hydrogen-bond donors (Lipinski definition) is 0. The molecule has 0 aliphatic heterocycles. The van der Waals surface area contributed by atoms with Gasteiger partial charge < -0.3 is 0 Å².